The van der Waals surface area contributed by atoms with Crippen LogP contribution in [-0.2, 0) is 0 Å². The lowest BCUT2D eigenvalue weighted by Gasteiger charge is -2.20. The second kappa shape index (κ2) is 5.14. The smallest absolute Gasteiger partial charge is 0.269 e. The number of aromatic nitrogens is 2. The number of H-pyrrole nitrogens is 1. The van der Waals surface area contributed by atoms with Crippen LogP contribution >= 0.6 is 12.4 Å². The van der Waals surface area contributed by atoms with Crippen molar-refractivity contribution < 1.29 is 4.79 Å². The van der Waals surface area contributed by atoms with Crippen molar-refractivity contribution in [1.29, 1.82) is 0 Å². The van der Waals surface area contributed by atoms with Gasteiger partial charge in [0.1, 0.15) is 5.69 Å². The summed E-state index contributed by atoms with van der Waals surface area (Å²) >= 11 is 0. The number of hydrogen-bond acceptors (Lipinski definition) is 3. The minimum absolute atomic E-state index is 0. The van der Waals surface area contributed by atoms with E-state index in [1.807, 2.05) is 0 Å². The number of halogens is 1. The minimum atomic E-state index is -0.471. The molecule has 0 aliphatic carbocycles. The molecule has 0 saturated carbocycles. The average Bonchev–Trinajstić information content (AvgIpc) is 2.68. The van der Waals surface area contributed by atoms with Gasteiger partial charge >= 0.3 is 0 Å². The maximum atomic E-state index is 10.8. The molecule has 15 heavy (non-hydrogen) atoms. The molecule has 2 heterocycles. The number of aromatic amines is 1. The van der Waals surface area contributed by atoms with Crippen LogP contribution < -0.4 is 11.1 Å². The molecule has 1 saturated heterocycles. The second-order valence-corrected chi connectivity index (χ2v) is 3.60. The van der Waals surface area contributed by atoms with Crippen LogP contribution in [0.1, 0.15) is 34.9 Å². The summed E-state index contributed by atoms with van der Waals surface area (Å²) in [5, 5.41) is 10.0. The van der Waals surface area contributed by atoms with Crippen LogP contribution in [0.5, 0.6) is 0 Å². The van der Waals surface area contributed by atoms with Crippen molar-refractivity contribution in [3.8, 4) is 0 Å². The fraction of sp³-hybridized carbons (Fsp3) is 0.556. The number of hydrogen-bond donors (Lipinski definition) is 3. The summed E-state index contributed by atoms with van der Waals surface area (Å²) in [7, 11) is 0. The third-order valence-electron chi connectivity index (χ3n) is 2.63. The molecule has 84 valence electrons. The molecule has 0 aromatic carbocycles. The van der Waals surface area contributed by atoms with E-state index in [1.165, 1.54) is 0 Å². The maximum Gasteiger partial charge on any atom is 0.269 e. The number of carbonyl (C=O) groups is 1. The van der Waals surface area contributed by atoms with Gasteiger partial charge in [-0.15, -0.1) is 12.4 Å². The summed E-state index contributed by atoms with van der Waals surface area (Å²) < 4.78 is 0. The molecular formula is C9H15ClN4O. The lowest BCUT2D eigenvalue weighted by Crippen LogP contribution is -2.26. The van der Waals surface area contributed by atoms with Crippen LogP contribution in [0.2, 0.25) is 0 Å². The summed E-state index contributed by atoms with van der Waals surface area (Å²) in [6.07, 6.45) is 2.17. The minimum Gasteiger partial charge on any atom is -0.364 e. The van der Waals surface area contributed by atoms with Crippen molar-refractivity contribution in [2.75, 3.05) is 13.1 Å². The number of rotatable bonds is 2. The molecule has 0 radical (unpaired) electrons. The van der Waals surface area contributed by atoms with Gasteiger partial charge in [0.25, 0.3) is 5.91 Å². The standard InChI is InChI=1S/C9H14N4O.ClH/c10-9(14)8-5-7(12-13-8)6-1-3-11-4-2-6;/h5-6,11H,1-4H2,(H2,10,14)(H,12,13);1H. The largest absolute Gasteiger partial charge is 0.364 e. The van der Waals surface area contributed by atoms with Gasteiger partial charge in [-0.05, 0) is 32.0 Å². The topological polar surface area (TPSA) is 83.8 Å². The van der Waals surface area contributed by atoms with E-state index in [0.717, 1.165) is 31.6 Å². The summed E-state index contributed by atoms with van der Waals surface area (Å²) in [5.41, 5.74) is 6.48. The van der Waals surface area contributed by atoms with Crippen molar-refractivity contribution in [3.05, 3.63) is 17.5 Å². The van der Waals surface area contributed by atoms with Crippen LogP contribution in [0.15, 0.2) is 6.07 Å². The Balaban J connectivity index is 0.00000112. The lowest BCUT2D eigenvalue weighted by atomic mass is 9.94. The highest BCUT2D eigenvalue weighted by atomic mass is 35.5. The fourth-order valence-electron chi connectivity index (χ4n) is 1.80. The van der Waals surface area contributed by atoms with Crippen LogP contribution in [-0.4, -0.2) is 29.2 Å². The molecule has 0 spiro atoms. The molecular weight excluding hydrogens is 216 g/mol. The lowest BCUT2D eigenvalue weighted by molar-refractivity contribution is 0.0995. The fourth-order valence-corrected chi connectivity index (χ4v) is 1.80. The summed E-state index contributed by atoms with van der Waals surface area (Å²) in [6.45, 7) is 2.05. The van der Waals surface area contributed by atoms with Gasteiger partial charge in [-0.3, -0.25) is 9.89 Å². The number of nitrogens with zero attached hydrogens (tertiary/aromatic N) is 1. The van der Waals surface area contributed by atoms with Crippen molar-refractivity contribution in [2.45, 2.75) is 18.8 Å². The Hall–Kier alpha value is -1.07. The van der Waals surface area contributed by atoms with Gasteiger partial charge in [-0.1, -0.05) is 0 Å². The van der Waals surface area contributed by atoms with Crippen molar-refractivity contribution in [2.24, 2.45) is 5.73 Å². The zero-order chi connectivity index (χ0) is 9.97. The van der Waals surface area contributed by atoms with Crippen molar-refractivity contribution in [1.82, 2.24) is 15.5 Å². The highest BCUT2D eigenvalue weighted by Gasteiger charge is 2.18. The first-order valence-corrected chi connectivity index (χ1v) is 4.83. The van der Waals surface area contributed by atoms with E-state index in [9.17, 15) is 4.79 Å². The first-order chi connectivity index (χ1) is 6.77. The third kappa shape index (κ3) is 2.70. The van der Waals surface area contributed by atoms with Gasteiger partial charge in [0.05, 0.1) is 0 Å². The number of nitrogens with one attached hydrogen (secondary N) is 2. The van der Waals surface area contributed by atoms with Gasteiger partial charge < -0.3 is 11.1 Å². The van der Waals surface area contributed by atoms with E-state index in [2.05, 4.69) is 15.5 Å². The Kier molecular flexibility index (Phi) is 4.11. The molecule has 1 amide bonds. The molecule has 0 unspecified atom stereocenters. The van der Waals surface area contributed by atoms with Crippen LogP contribution in [0.25, 0.3) is 0 Å². The Morgan fingerprint density at radius 3 is 2.67 bits per heavy atom. The quantitative estimate of drug-likeness (QED) is 0.688. The van der Waals surface area contributed by atoms with Crippen LogP contribution in [0, 0.1) is 0 Å². The normalized spacial score (nSPS) is 17.1. The Bertz CT molecular complexity index is 333. The third-order valence-corrected chi connectivity index (χ3v) is 2.63. The van der Waals surface area contributed by atoms with Gasteiger partial charge in [0.2, 0.25) is 0 Å². The van der Waals surface area contributed by atoms with Crippen LogP contribution in [0.4, 0.5) is 0 Å². The number of primary amides is 1. The highest BCUT2D eigenvalue weighted by Crippen LogP contribution is 2.23. The van der Waals surface area contributed by atoms with Gasteiger partial charge in [-0.25, -0.2) is 0 Å². The Morgan fingerprint density at radius 1 is 1.47 bits per heavy atom. The molecule has 0 bridgehead atoms. The summed E-state index contributed by atoms with van der Waals surface area (Å²) in [4.78, 5) is 10.8. The molecule has 1 aromatic rings. The van der Waals surface area contributed by atoms with Gasteiger partial charge in [-0.2, -0.15) is 5.10 Å². The second-order valence-electron chi connectivity index (χ2n) is 3.60. The molecule has 5 nitrogen and oxygen atoms in total. The van der Waals surface area contributed by atoms with E-state index in [1.54, 1.807) is 6.07 Å². The Morgan fingerprint density at radius 2 is 2.13 bits per heavy atom. The van der Waals surface area contributed by atoms with E-state index >= 15 is 0 Å². The molecule has 4 N–H and O–H groups in total. The van der Waals surface area contributed by atoms with Gasteiger partial charge in [0.15, 0.2) is 0 Å². The van der Waals surface area contributed by atoms with Crippen molar-refractivity contribution >= 4 is 18.3 Å². The van der Waals surface area contributed by atoms with E-state index in [-0.39, 0.29) is 12.4 Å². The average molecular weight is 231 g/mol. The highest BCUT2D eigenvalue weighted by molar-refractivity contribution is 5.90. The first kappa shape index (κ1) is 12.0. The molecule has 6 heteroatoms. The molecule has 2 rings (SSSR count). The zero-order valence-corrected chi connectivity index (χ0v) is 9.14. The van der Waals surface area contributed by atoms with E-state index in [0.29, 0.717) is 11.6 Å². The summed E-state index contributed by atoms with van der Waals surface area (Å²) in [6, 6.07) is 1.76. The molecule has 1 aromatic heterocycles. The van der Waals surface area contributed by atoms with E-state index in [4.69, 9.17) is 5.73 Å². The number of nitrogens with two attached hydrogens (primary N) is 1. The number of carbonyl (C=O) groups excluding carboxylic acids is 1. The number of piperidine rings is 1. The van der Waals surface area contributed by atoms with Crippen LogP contribution in [0.3, 0.4) is 0 Å². The van der Waals surface area contributed by atoms with Gasteiger partial charge in [0, 0.05) is 11.6 Å². The Labute approximate surface area is 94.2 Å². The first-order valence-electron chi connectivity index (χ1n) is 4.83. The predicted octanol–water partition coefficient (Wildman–Crippen LogP) is 0.397. The molecule has 0 atom stereocenters. The number of amides is 1. The van der Waals surface area contributed by atoms with Crippen molar-refractivity contribution in [3.63, 3.8) is 0 Å². The van der Waals surface area contributed by atoms with E-state index < -0.39 is 5.91 Å². The molecule has 1 aliphatic heterocycles. The predicted molar refractivity (Wildman–Crippen MR) is 59.2 cm³/mol. The monoisotopic (exact) mass is 230 g/mol. The molecule has 1 aliphatic rings. The molecule has 1 fully saturated rings. The summed E-state index contributed by atoms with van der Waals surface area (Å²) in [5.74, 6) is 0.0123. The zero-order valence-electron chi connectivity index (χ0n) is 8.32. The SMILES string of the molecule is Cl.NC(=O)c1cc(C2CCNCC2)[nH]n1. The maximum absolute atomic E-state index is 10.8.